The van der Waals surface area contributed by atoms with Crippen molar-refractivity contribution in [2.24, 2.45) is 0 Å². The van der Waals surface area contributed by atoms with E-state index < -0.39 is 5.97 Å². The lowest BCUT2D eigenvalue weighted by Crippen LogP contribution is -2.11. The average molecular weight is 273 g/mol. The van der Waals surface area contributed by atoms with Crippen LogP contribution in [0.15, 0.2) is 18.2 Å². The number of aliphatic carboxylic acids is 1. The highest BCUT2D eigenvalue weighted by Gasteiger charge is 2.15. The van der Waals surface area contributed by atoms with E-state index in [0.717, 1.165) is 4.68 Å². The summed E-state index contributed by atoms with van der Waals surface area (Å²) >= 11 is 11.9. The first-order valence-electron chi connectivity index (χ1n) is 4.52. The molecule has 88 valence electrons. The first kappa shape index (κ1) is 11.8. The van der Waals surface area contributed by atoms with Crippen molar-refractivity contribution in [1.29, 1.82) is 0 Å². The van der Waals surface area contributed by atoms with E-state index in [1.807, 2.05) is 0 Å². The molecule has 6 nitrogen and oxygen atoms in total. The Kier molecular flexibility index (Phi) is 3.26. The Bertz CT molecular complexity index is 570. The number of carboxylic acids is 1. The maximum absolute atomic E-state index is 10.6. The fourth-order valence-corrected chi connectivity index (χ4v) is 1.69. The Labute approximate surface area is 106 Å². The maximum atomic E-state index is 10.6. The lowest BCUT2D eigenvalue weighted by molar-refractivity contribution is -0.137. The monoisotopic (exact) mass is 272 g/mol. The van der Waals surface area contributed by atoms with Crippen molar-refractivity contribution in [2.75, 3.05) is 0 Å². The minimum Gasteiger partial charge on any atom is -0.480 e. The lowest BCUT2D eigenvalue weighted by atomic mass is 10.2. The number of hydrogen-bond donors (Lipinski definition) is 1. The first-order valence-corrected chi connectivity index (χ1v) is 5.27. The van der Waals surface area contributed by atoms with Gasteiger partial charge in [-0.3, -0.25) is 4.79 Å². The van der Waals surface area contributed by atoms with Gasteiger partial charge in [-0.1, -0.05) is 29.3 Å². The van der Waals surface area contributed by atoms with E-state index in [-0.39, 0.29) is 17.4 Å². The number of halogens is 2. The predicted octanol–water partition coefficient (Wildman–Crippen LogP) is 1.73. The van der Waals surface area contributed by atoms with Crippen molar-refractivity contribution < 1.29 is 9.90 Å². The Morgan fingerprint density at radius 3 is 2.88 bits per heavy atom. The second kappa shape index (κ2) is 4.68. The van der Waals surface area contributed by atoms with E-state index in [1.54, 1.807) is 18.2 Å². The van der Waals surface area contributed by atoms with Crippen molar-refractivity contribution in [1.82, 2.24) is 20.2 Å². The zero-order chi connectivity index (χ0) is 12.4. The second-order valence-corrected chi connectivity index (χ2v) is 3.94. The SMILES string of the molecule is O=C(O)Cn1nnnc1-c1cccc(Cl)c1Cl. The zero-order valence-electron chi connectivity index (χ0n) is 8.34. The normalized spacial score (nSPS) is 10.5. The molecule has 2 aromatic rings. The summed E-state index contributed by atoms with van der Waals surface area (Å²) in [6.45, 7) is -0.342. The number of rotatable bonds is 3. The van der Waals surface area contributed by atoms with Crippen LogP contribution in [0, 0.1) is 0 Å². The Balaban J connectivity index is 2.50. The molecule has 0 aliphatic heterocycles. The van der Waals surface area contributed by atoms with Crippen molar-refractivity contribution in [3.05, 3.63) is 28.2 Å². The number of benzene rings is 1. The molecule has 0 atom stereocenters. The van der Waals surface area contributed by atoms with Crippen LogP contribution in [-0.4, -0.2) is 31.3 Å². The highest BCUT2D eigenvalue weighted by atomic mass is 35.5. The number of nitrogens with zero attached hydrogens (tertiary/aromatic N) is 4. The van der Waals surface area contributed by atoms with E-state index in [1.165, 1.54) is 0 Å². The van der Waals surface area contributed by atoms with Gasteiger partial charge in [0.05, 0.1) is 10.0 Å². The summed E-state index contributed by atoms with van der Waals surface area (Å²) in [5.41, 5.74) is 0.491. The lowest BCUT2D eigenvalue weighted by Gasteiger charge is -2.04. The van der Waals surface area contributed by atoms with Gasteiger partial charge in [-0.25, -0.2) is 4.68 Å². The molecule has 1 N–H and O–H groups in total. The van der Waals surface area contributed by atoms with Crippen molar-refractivity contribution in [2.45, 2.75) is 6.54 Å². The van der Waals surface area contributed by atoms with Crippen LogP contribution >= 0.6 is 23.2 Å². The third-order valence-electron chi connectivity index (χ3n) is 2.01. The van der Waals surface area contributed by atoms with Gasteiger partial charge in [0.25, 0.3) is 0 Å². The number of aromatic nitrogens is 4. The summed E-state index contributed by atoms with van der Waals surface area (Å²) in [6, 6.07) is 4.97. The van der Waals surface area contributed by atoms with Crippen molar-refractivity contribution in [3.63, 3.8) is 0 Å². The molecule has 0 unspecified atom stereocenters. The summed E-state index contributed by atoms with van der Waals surface area (Å²) < 4.78 is 1.14. The van der Waals surface area contributed by atoms with Gasteiger partial charge in [0, 0.05) is 5.56 Å². The third kappa shape index (κ3) is 2.37. The smallest absolute Gasteiger partial charge is 0.325 e. The van der Waals surface area contributed by atoms with Gasteiger partial charge in [-0.05, 0) is 22.6 Å². The fraction of sp³-hybridized carbons (Fsp3) is 0.111. The van der Waals surface area contributed by atoms with Crippen LogP contribution in [0.5, 0.6) is 0 Å². The number of tetrazole rings is 1. The molecule has 0 aliphatic carbocycles. The highest BCUT2D eigenvalue weighted by molar-refractivity contribution is 6.43. The van der Waals surface area contributed by atoms with Gasteiger partial charge in [-0.15, -0.1) is 5.10 Å². The fourth-order valence-electron chi connectivity index (χ4n) is 1.31. The molecule has 8 heteroatoms. The minimum atomic E-state index is -1.04. The Morgan fingerprint density at radius 1 is 1.41 bits per heavy atom. The average Bonchev–Trinajstić information content (AvgIpc) is 2.69. The molecule has 1 heterocycles. The molecule has 17 heavy (non-hydrogen) atoms. The number of carbonyl (C=O) groups is 1. The van der Waals surface area contributed by atoms with Gasteiger partial charge in [0.15, 0.2) is 5.82 Å². The molecule has 0 aliphatic rings. The van der Waals surface area contributed by atoms with Crippen LogP contribution in [0.2, 0.25) is 10.0 Å². The van der Waals surface area contributed by atoms with E-state index >= 15 is 0 Å². The maximum Gasteiger partial charge on any atom is 0.325 e. The molecular formula is C9H6Cl2N4O2. The molecule has 0 fully saturated rings. The minimum absolute atomic E-state index is 0.264. The molecule has 0 spiro atoms. The van der Waals surface area contributed by atoms with E-state index in [4.69, 9.17) is 28.3 Å². The number of hydrogen-bond acceptors (Lipinski definition) is 4. The van der Waals surface area contributed by atoms with Gasteiger partial charge in [0.2, 0.25) is 0 Å². The summed E-state index contributed by atoms with van der Waals surface area (Å²) in [6.07, 6.45) is 0. The first-order chi connectivity index (χ1) is 8.09. The van der Waals surface area contributed by atoms with Crippen LogP contribution in [0.25, 0.3) is 11.4 Å². The van der Waals surface area contributed by atoms with Crippen LogP contribution in [0.3, 0.4) is 0 Å². The molecule has 2 rings (SSSR count). The molecule has 0 saturated heterocycles. The zero-order valence-corrected chi connectivity index (χ0v) is 9.85. The van der Waals surface area contributed by atoms with Crippen LogP contribution < -0.4 is 0 Å². The number of carboxylic acid groups (broad SMARTS) is 1. The molecule has 0 amide bonds. The van der Waals surface area contributed by atoms with E-state index in [2.05, 4.69) is 15.5 Å². The van der Waals surface area contributed by atoms with Gasteiger partial charge in [-0.2, -0.15) is 0 Å². The van der Waals surface area contributed by atoms with Gasteiger partial charge in [0.1, 0.15) is 6.54 Å². The third-order valence-corrected chi connectivity index (χ3v) is 2.83. The Hall–Kier alpha value is -1.66. The topological polar surface area (TPSA) is 80.9 Å². The van der Waals surface area contributed by atoms with Crippen LogP contribution in [-0.2, 0) is 11.3 Å². The Morgan fingerprint density at radius 2 is 2.18 bits per heavy atom. The second-order valence-electron chi connectivity index (χ2n) is 3.16. The van der Waals surface area contributed by atoms with Crippen LogP contribution in [0.4, 0.5) is 0 Å². The molecular weight excluding hydrogens is 267 g/mol. The van der Waals surface area contributed by atoms with E-state index in [9.17, 15) is 4.79 Å². The summed E-state index contributed by atoms with van der Waals surface area (Å²) in [5, 5.41) is 20.1. The molecule has 0 bridgehead atoms. The highest BCUT2D eigenvalue weighted by Crippen LogP contribution is 2.31. The summed E-state index contributed by atoms with van der Waals surface area (Å²) in [7, 11) is 0. The van der Waals surface area contributed by atoms with E-state index in [0.29, 0.717) is 10.6 Å². The largest absolute Gasteiger partial charge is 0.480 e. The predicted molar refractivity (Wildman–Crippen MR) is 60.9 cm³/mol. The van der Waals surface area contributed by atoms with Crippen molar-refractivity contribution in [3.8, 4) is 11.4 Å². The molecule has 0 saturated carbocycles. The van der Waals surface area contributed by atoms with Gasteiger partial charge >= 0.3 is 5.97 Å². The molecule has 1 aromatic heterocycles. The quantitative estimate of drug-likeness (QED) is 0.921. The summed E-state index contributed by atoms with van der Waals surface area (Å²) in [5.74, 6) is -0.781. The van der Waals surface area contributed by atoms with Crippen LogP contribution in [0.1, 0.15) is 0 Å². The van der Waals surface area contributed by atoms with Gasteiger partial charge < -0.3 is 5.11 Å². The standard InChI is InChI=1S/C9H6Cl2N4O2/c10-6-3-1-2-5(8(6)11)9-12-13-14-15(9)4-7(16)17/h1-3H,4H2,(H,16,17). The summed E-state index contributed by atoms with van der Waals surface area (Å²) in [4.78, 5) is 10.6. The molecule has 1 aromatic carbocycles. The van der Waals surface area contributed by atoms with Crippen molar-refractivity contribution >= 4 is 29.2 Å². The molecule has 0 radical (unpaired) electrons.